The van der Waals surface area contributed by atoms with Crippen molar-refractivity contribution in [1.82, 2.24) is 15.1 Å². The summed E-state index contributed by atoms with van der Waals surface area (Å²) in [5.41, 5.74) is 0. The van der Waals surface area contributed by atoms with E-state index in [1.54, 1.807) is 0 Å². The minimum Gasteiger partial charge on any atom is -0.338 e. The van der Waals surface area contributed by atoms with Gasteiger partial charge >= 0.3 is 6.03 Å². The van der Waals surface area contributed by atoms with E-state index in [0.717, 1.165) is 26.1 Å². The lowest BCUT2D eigenvalue weighted by Crippen LogP contribution is -2.43. The predicted octanol–water partition coefficient (Wildman–Crippen LogP) is 1.28. The Labute approximate surface area is 98.0 Å². The molecule has 1 N–H and O–H groups in total. The summed E-state index contributed by atoms with van der Waals surface area (Å²) >= 11 is 0. The normalized spacial score (nSPS) is 27.1. The maximum Gasteiger partial charge on any atom is 0.317 e. The van der Waals surface area contributed by atoms with Crippen LogP contribution in [0.3, 0.4) is 0 Å². The highest BCUT2D eigenvalue weighted by atomic mass is 16.2. The van der Waals surface area contributed by atoms with E-state index in [4.69, 9.17) is 0 Å². The first-order valence-corrected chi connectivity index (χ1v) is 6.58. The first kappa shape index (κ1) is 11.7. The first-order valence-electron chi connectivity index (χ1n) is 6.58. The third-order valence-electron chi connectivity index (χ3n) is 3.69. The number of urea groups is 1. The van der Waals surface area contributed by atoms with Crippen LogP contribution in [0.1, 0.15) is 32.6 Å². The predicted molar refractivity (Wildman–Crippen MR) is 64.5 cm³/mol. The van der Waals surface area contributed by atoms with E-state index in [0.29, 0.717) is 6.04 Å². The van der Waals surface area contributed by atoms with Crippen LogP contribution in [0.25, 0.3) is 0 Å². The number of nitrogens with zero attached hydrogens (tertiary/aromatic N) is 2. The number of piperidine rings is 1. The van der Waals surface area contributed by atoms with Crippen LogP contribution in [0.15, 0.2) is 0 Å². The lowest BCUT2D eigenvalue weighted by atomic mass is 10.1. The summed E-state index contributed by atoms with van der Waals surface area (Å²) in [6.07, 6.45) is 5.19. The zero-order chi connectivity index (χ0) is 11.4. The van der Waals surface area contributed by atoms with Gasteiger partial charge in [0.05, 0.1) is 0 Å². The second-order valence-electron chi connectivity index (χ2n) is 4.82. The van der Waals surface area contributed by atoms with Crippen molar-refractivity contribution in [2.75, 3.05) is 32.7 Å². The van der Waals surface area contributed by atoms with Crippen molar-refractivity contribution < 1.29 is 4.79 Å². The van der Waals surface area contributed by atoms with E-state index >= 15 is 0 Å². The van der Waals surface area contributed by atoms with Crippen molar-refractivity contribution in [2.45, 2.75) is 38.6 Å². The van der Waals surface area contributed by atoms with Gasteiger partial charge in [0.25, 0.3) is 0 Å². The van der Waals surface area contributed by atoms with E-state index in [2.05, 4.69) is 10.2 Å². The standard InChI is InChI=1S/C12H23N3O/c1-2-13-12(16)15-9-6-11(10-15)14-7-4-3-5-8-14/h11H,2-10H2,1H3,(H,13,16). The van der Waals surface area contributed by atoms with E-state index in [1.807, 2.05) is 11.8 Å². The van der Waals surface area contributed by atoms with Crippen LogP contribution < -0.4 is 5.32 Å². The number of hydrogen-bond acceptors (Lipinski definition) is 2. The summed E-state index contributed by atoms with van der Waals surface area (Å²) in [5, 5.41) is 2.88. The van der Waals surface area contributed by atoms with Gasteiger partial charge in [0.1, 0.15) is 0 Å². The third-order valence-corrected chi connectivity index (χ3v) is 3.69. The molecule has 4 heteroatoms. The summed E-state index contributed by atoms with van der Waals surface area (Å²) in [5.74, 6) is 0. The number of carbonyl (C=O) groups is 1. The molecule has 0 aromatic heterocycles. The van der Waals surface area contributed by atoms with Crippen LogP contribution in [0.5, 0.6) is 0 Å². The molecule has 0 aliphatic carbocycles. The molecule has 92 valence electrons. The molecule has 0 aromatic carbocycles. The minimum absolute atomic E-state index is 0.113. The number of carbonyl (C=O) groups excluding carboxylic acids is 1. The van der Waals surface area contributed by atoms with Gasteiger partial charge in [-0.25, -0.2) is 4.79 Å². The summed E-state index contributed by atoms with van der Waals surface area (Å²) in [6.45, 7) is 7.00. The molecule has 2 saturated heterocycles. The van der Waals surface area contributed by atoms with Crippen molar-refractivity contribution in [1.29, 1.82) is 0 Å². The summed E-state index contributed by atoms with van der Waals surface area (Å²) in [7, 11) is 0. The number of likely N-dealkylation sites (tertiary alicyclic amines) is 2. The Balaban J connectivity index is 1.80. The molecule has 0 radical (unpaired) electrons. The molecule has 16 heavy (non-hydrogen) atoms. The van der Waals surface area contributed by atoms with Gasteiger partial charge in [-0.2, -0.15) is 0 Å². The highest BCUT2D eigenvalue weighted by Gasteiger charge is 2.30. The molecule has 2 rings (SSSR count). The maximum absolute atomic E-state index is 11.7. The molecule has 2 amide bonds. The molecule has 0 aromatic rings. The van der Waals surface area contributed by atoms with Gasteiger partial charge in [0, 0.05) is 25.7 Å². The van der Waals surface area contributed by atoms with Gasteiger partial charge in [0.15, 0.2) is 0 Å². The fourth-order valence-electron chi connectivity index (χ4n) is 2.77. The van der Waals surface area contributed by atoms with Crippen molar-refractivity contribution in [3.63, 3.8) is 0 Å². The second kappa shape index (κ2) is 5.53. The van der Waals surface area contributed by atoms with Crippen molar-refractivity contribution in [3.05, 3.63) is 0 Å². The van der Waals surface area contributed by atoms with Crippen molar-refractivity contribution >= 4 is 6.03 Å². The number of amides is 2. The van der Waals surface area contributed by atoms with Gasteiger partial charge in [-0.05, 0) is 39.3 Å². The molecular formula is C12H23N3O. The fraction of sp³-hybridized carbons (Fsp3) is 0.917. The van der Waals surface area contributed by atoms with Gasteiger partial charge in [0.2, 0.25) is 0 Å². The molecule has 1 atom stereocenters. The molecule has 1 unspecified atom stereocenters. The van der Waals surface area contributed by atoms with Gasteiger partial charge < -0.3 is 10.2 Å². The van der Waals surface area contributed by atoms with Crippen LogP contribution in [0.2, 0.25) is 0 Å². The van der Waals surface area contributed by atoms with E-state index in [-0.39, 0.29) is 6.03 Å². The minimum atomic E-state index is 0.113. The summed E-state index contributed by atoms with van der Waals surface area (Å²) < 4.78 is 0. The van der Waals surface area contributed by atoms with E-state index in [1.165, 1.54) is 32.4 Å². The SMILES string of the molecule is CCNC(=O)N1CCC(N2CCCCC2)C1. The summed E-state index contributed by atoms with van der Waals surface area (Å²) in [4.78, 5) is 16.2. The fourth-order valence-corrected chi connectivity index (χ4v) is 2.77. The molecule has 4 nitrogen and oxygen atoms in total. The monoisotopic (exact) mass is 225 g/mol. The number of hydrogen-bond donors (Lipinski definition) is 1. The maximum atomic E-state index is 11.7. The largest absolute Gasteiger partial charge is 0.338 e. The van der Waals surface area contributed by atoms with Crippen LogP contribution in [0, 0.1) is 0 Å². The van der Waals surface area contributed by atoms with E-state index < -0.39 is 0 Å². The third kappa shape index (κ3) is 2.67. The Morgan fingerprint density at radius 2 is 2.00 bits per heavy atom. The lowest BCUT2D eigenvalue weighted by Gasteiger charge is -2.32. The molecular weight excluding hydrogens is 202 g/mol. The second-order valence-corrected chi connectivity index (χ2v) is 4.82. The van der Waals surface area contributed by atoms with Crippen molar-refractivity contribution in [3.8, 4) is 0 Å². The molecule has 0 spiro atoms. The Morgan fingerprint density at radius 3 is 2.69 bits per heavy atom. The van der Waals surface area contributed by atoms with E-state index in [9.17, 15) is 4.79 Å². The Bertz CT molecular complexity index is 238. The Hall–Kier alpha value is -0.770. The average molecular weight is 225 g/mol. The Morgan fingerprint density at radius 1 is 1.25 bits per heavy atom. The molecule has 0 saturated carbocycles. The van der Waals surface area contributed by atoms with Crippen molar-refractivity contribution in [2.24, 2.45) is 0 Å². The van der Waals surface area contributed by atoms with Gasteiger partial charge in [-0.1, -0.05) is 6.42 Å². The number of nitrogens with one attached hydrogen (secondary N) is 1. The van der Waals surface area contributed by atoms with Crippen LogP contribution in [-0.4, -0.2) is 54.6 Å². The van der Waals surface area contributed by atoms with Crippen LogP contribution in [0.4, 0.5) is 4.79 Å². The Kier molecular flexibility index (Phi) is 4.04. The highest BCUT2D eigenvalue weighted by Crippen LogP contribution is 2.19. The van der Waals surface area contributed by atoms with Gasteiger partial charge in [-0.3, -0.25) is 4.90 Å². The molecule has 0 bridgehead atoms. The zero-order valence-corrected chi connectivity index (χ0v) is 10.2. The average Bonchev–Trinajstić information content (AvgIpc) is 2.80. The first-order chi connectivity index (χ1) is 7.81. The topological polar surface area (TPSA) is 35.6 Å². The number of rotatable bonds is 2. The quantitative estimate of drug-likeness (QED) is 0.768. The van der Waals surface area contributed by atoms with Crippen LogP contribution >= 0.6 is 0 Å². The highest BCUT2D eigenvalue weighted by molar-refractivity contribution is 5.74. The molecule has 2 fully saturated rings. The lowest BCUT2D eigenvalue weighted by molar-refractivity contribution is 0.161. The molecule has 2 aliphatic rings. The smallest absolute Gasteiger partial charge is 0.317 e. The molecule has 2 heterocycles. The zero-order valence-electron chi connectivity index (χ0n) is 10.2. The van der Waals surface area contributed by atoms with Crippen LogP contribution in [-0.2, 0) is 0 Å². The molecule has 2 aliphatic heterocycles. The van der Waals surface area contributed by atoms with Gasteiger partial charge in [-0.15, -0.1) is 0 Å². The summed E-state index contributed by atoms with van der Waals surface area (Å²) in [6, 6.07) is 0.727.